The molecule has 2 heterocycles. The Morgan fingerprint density at radius 2 is 1.88 bits per heavy atom. The van der Waals surface area contributed by atoms with Crippen molar-refractivity contribution in [1.29, 1.82) is 0 Å². The standard InChI is InChI=1S/C25H16ClFN2O4S/c1-33-17-4-2-3-14(11-17)21-20(22(30)13-5-8-16(27)9-6-13)23(31)24(32)29(21)25-28-18-10-7-15(26)12-19(18)34-25/h2-12,21,30H,1H3. The van der Waals surface area contributed by atoms with Gasteiger partial charge in [0.15, 0.2) is 5.13 Å². The van der Waals surface area contributed by atoms with Crippen molar-refractivity contribution in [2.45, 2.75) is 6.04 Å². The van der Waals surface area contributed by atoms with E-state index in [-0.39, 0.29) is 16.3 Å². The van der Waals surface area contributed by atoms with Crippen LogP contribution in [0.5, 0.6) is 5.75 Å². The third kappa shape index (κ3) is 3.70. The molecule has 0 saturated carbocycles. The number of benzene rings is 3. The second-order valence-electron chi connectivity index (χ2n) is 7.56. The number of hydrogen-bond donors (Lipinski definition) is 1. The van der Waals surface area contributed by atoms with Gasteiger partial charge in [0, 0.05) is 10.6 Å². The Morgan fingerprint density at radius 1 is 1.12 bits per heavy atom. The first-order valence-corrected chi connectivity index (χ1v) is 11.3. The summed E-state index contributed by atoms with van der Waals surface area (Å²) in [6.45, 7) is 0. The number of aromatic nitrogens is 1. The summed E-state index contributed by atoms with van der Waals surface area (Å²) in [7, 11) is 1.51. The summed E-state index contributed by atoms with van der Waals surface area (Å²) in [6.07, 6.45) is 0. The third-order valence-electron chi connectivity index (χ3n) is 5.52. The van der Waals surface area contributed by atoms with E-state index in [9.17, 15) is 19.1 Å². The Hall–Kier alpha value is -3.75. The van der Waals surface area contributed by atoms with Crippen LogP contribution in [0.3, 0.4) is 0 Å². The summed E-state index contributed by atoms with van der Waals surface area (Å²) >= 11 is 7.31. The number of carbonyl (C=O) groups excluding carboxylic acids is 2. The van der Waals surface area contributed by atoms with Gasteiger partial charge in [0.1, 0.15) is 17.3 Å². The van der Waals surface area contributed by atoms with Crippen LogP contribution in [0.15, 0.2) is 72.3 Å². The predicted octanol–water partition coefficient (Wildman–Crippen LogP) is 5.72. The van der Waals surface area contributed by atoms with E-state index in [0.29, 0.717) is 21.9 Å². The molecule has 4 aromatic rings. The highest BCUT2D eigenvalue weighted by molar-refractivity contribution is 7.22. The van der Waals surface area contributed by atoms with Crippen LogP contribution < -0.4 is 9.64 Å². The summed E-state index contributed by atoms with van der Waals surface area (Å²) in [5, 5.41) is 11.9. The van der Waals surface area contributed by atoms with Gasteiger partial charge in [-0.1, -0.05) is 35.1 Å². The maximum absolute atomic E-state index is 13.4. The summed E-state index contributed by atoms with van der Waals surface area (Å²) in [6, 6.07) is 16.1. The van der Waals surface area contributed by atoms with E-state index in [0.717, 1.165) is 4.70 Å². The maximum Gasteiger partial charge on any atom is 0.301 e. The molecule has 0 aliphatic carbocycles. The minimum Gasteiger partial charge on any atom is -0.507 e. The number of amides is 1. The number of nitrogens with zero attached hydrogens (tertiary/aromatic N) is 2. The molecule has 0 bridgehead atoms. The van der Waals surface area contributed by atoms with Gasteiger partial charge in [0.25, 0.3) is 5.78 Å². The van der Waals surface area contributed by atoms with E-state index in [4.69, 9.17) is 16.3 Å². The van der Waals surface area contributed by atoms with Gasteiger partial charge < -0.3 is 9.84 Å². The summed E-state index contributed by atoms with van der Waals surface area (Å²) in [5.74, 6) is -2.08. The molecule has 6 nitrogen and oxygen atoms in total. The fourth-order valence-electron chi connectivity index (χ4n) is 3.91. The number of rotatable bonds is 4. The predicted molar refractivity (Wildman–Crippen MR) is 129 cm³/mol. The molecule has 1 saturated heterocycles. The summed E-state index contributed by atoms with van der Waals surface area (Å²) < 4.78 is 19.5. The van der Waals surface area contributed by atoms with Crippen molar-refractivity contribution in [3.05, 3.63) is 94.3 Å². The van der Waals surface area contributed by atoms with Gasteiger partial charge in [-0.05, 0) is 60.2 Å². The molecule has 1 aliphatic heterocycles. The van der Waals surface area contributed by atoms with E-state index in [2.05, 4.69) is 4.98 Å². The lowest BCUT2D eigenvalue weighted by Gasteiger charge is -2.23. The molecule has 0 radical (unpaired) electrons. The summed E-state index contributed by atoms with van der Waals surface area (Å²) in [5.41, 5.74) is 1.25. The van der Waals surface area contributed by atoms with E-state index in [1.807, 2.05) is 0 Å². The molecule has 1 aromatic heterocycles. The van der Waals surface area contributed by atoms with Gasteiger partial charge >= 0.3 is 5.91 Å². The Morgan fingerprint density at radius 3 is 2.62 bits per heavy atom. The molecule has 0 spiro atoms. The zero-order valence-corrected chi connectivity index (χ0v) is 19.2. The lowest BCUT2D eigenvalue weighted by atomic mass is 9.95. The van der Waals surface area contributed by atoms with Crippen molar-refractivity contribution in [3.8, 4) is 5.75 Å². The Kier molecular flexibility index (Phi) is 5.55. The number of fused-ring (bicyclic) bond motifs is 1. The quantitative estimate of drug-likeness (QED) is 0.223. The molecule has 1 fully saturated rings. The molecule has 1 aliphatic rings. The number of aliphatic hydroxyl groups excluding tert-OH is 1. The molecule has 170 valence electrons. The molecule has 1 unspecified atom stereocenters. The van der Waals surface area contributed by atoms with E-state index in [1.54, 1.807) is 42.5 Å². The van der Waals surface area contributed by atoms with Crippen LogP contribution in [0, 0.1) is 5.82 Å². The molecule has 5 rings (SSSR count). The highest BCUT2D eigenvalue weighted by Gasteiger charge is 2.48. The molecular formula is C25H16ClFN2O4S. The van der Waals surface area contributed by atoms with Crippen molar-refractivity contribution in [1.82, 2.24) is 4.98 Å². The number of carbonyl (C=O) groups is 2. The number of aliphatic hydroxyl groups is 1. The highest BCUT2D eigenvalue weighted by Crippen LogP contribution is 2.45. The van der Waals surface area contributed by atoms with Gasteiger partial charge in [-0.15, -0.1) is 0 Å². The number of halogens is 2. The van der Waals surface area contributed by atoms with E-state index < -0.39 is 29.3 Å². The topological polar surface area (TPSA) is 79.7 Å². The Balaban J connectivity index is 1.74. The molecule has 1 N–H and O–H groups in total. The molecular weight excluding hydrogens is 479 g/mol. The second kappa shape index (κ2) is 8.55. The summed E-state index contributed by atoms with van der Waals surface area (Å²) in [4.78, 5) is 32.3. The minimum atomic E-state index is -0.976. The number of ether oxygens (including phenoxy) is 1. The minimum absolute atomic E-state index is 0.123. The van der Waals surface area contributed by atoms with Crippen LogP contribution in [0.25, 0.3) is 16.0 Å². The molecule has 1 amide bonds. The number of thiazole rings is 1. The average molecular weight is 495 g/mol. The van der Waals surface area contributed by atoms with Gasteiger partial charge in [-0.3, -0.25) is 14.5 Å². The third-order valence-corrected chi connectivity index (χ3v) is 6.77. The van der Waals surface area contributed by atoms with Gasteiger partial charge in [0.05, 0.1) is 28.9 Å². The monoisotopic (exact) mass is 494 g/mol. The fourth-order valence-corrected chi connectivity index (χ4v) is 5.18. The number of methoxy groups -OCH3 is 1. The van der Waals surface area contributed by atoms with Crippen LogP contribution >= 0.6 is 22.9 Å². The van der Waals surface area contributed by atoms with Crippen molar-refractivity contribution >= 4 is 55.7 Å². The first-order valence-electron chi connectivity index (χ1n) is 10.1. The van der Waals surface area contributed by atoms with Crippen molar-refractivity contribution < 1.29 is 23.8 Å². The smallest absolute Gasteiger partial charge is 0.301 e. The SMILES string of the molecule is COc1cccc(C2C(=C(O)c3ccc(F)cc3)C(=O)C(=O)N2c2nc3ccc(Cl)cc3s2)c1. The number of Topliss-reactive ketones (excluding diaryl/α,β-unsaturated/α-hetero) is 1. The largest absolute Gasteiger partial charge is 0.507 e. The van der Waals surface area contributed by atoms with Crippen LogP contribution in [-0.2, 0) is 9.59 Å². The van der Waals surface area contributed by atoms with Crippen LogP contribution in [0.4, 0.5) is 9.52 Å². The van der Waals surface area contributed by atoms with Gasteiger partial charge in [-0.25, -0.2) is 9.37 Å². The van der Waals surface area contributed by atoms with Gasteiger partial charge in [0.2, 0.25) is 0 Å². The van der Waals surface area contributed by atoms with Crippen molar-refractivity contribution in [3.63, 3.8) is 0 Å². The second-order valence-corrected chi connectivity index (χ2v) is 9.01. The molecule has 34 heavy (non-hydrogen) atoms. The Labute approximate surface area is 202 Å². The van der Waals surface area contributed by atoms with Crippen LogP contribution in [0.1, 0.15) is 17.2 Å². The number of ketones is 1. The molecule has 1 atom stereocenters. The van der Waals surface area contributed by atoms with Crippen molar-refractivity contribution in [2.75, 3.05) is 12.0 Å². The zero-order chi connectivity index (χ0) is 24.0. The molecule has 3 aromatic carbocycles. The lowest BCUT2D eigenvalue weighted by molar-refractivity contribution is -0.132. The van der Waals surface area contributed by atoms with Crippen LogP contribution in [0.2, 0.25) is 5.02 Å². The molecule has 9 heteroatoms. The maximum atomic E-state index is 13.4. The Bertz CT molecular complexity index is 1480. The van der Waals surface area contributed by atoms with Crippen molar-refractivity contribution in [2.24, 2.45) is 0 Å². The first kappa shape index (κ1) is 22.1. The lowest BCUT2D eigenvalue weighted by Crippen LogP contribution is -2.29. The van der Waals surface area contributed by atoms with Crippen LogP contribution in [-0.4, -0.2) is 28.9 Å². The van der Waals surface area contributed by atoms with E-state index in [1.165, 1.54) is 47.6 Å². The first-order chi connectivity index (χ1) is 16.4. The number of hydrogen-bond acceptors (Lipinski definition) is 6. The number of anilines is 1. The van der Waals surface area contributed by atoms with Gasteiger partial charge in [-0.2, -0.15) is 0 Å². The normalized spacial score (nSPS) is 17.5. The zero-order valence-electron chi connectivity index (χ0n) is 17.7. The fraction of sp³-hybridized carbons (Fsp3) is 0.0800. The highest BCUT2D eigenvalue weighted by atomic mass is 35.5. The average Bonchev–Trinajstić information content (AvgIpc) is 3.37. The van der Waals surface area contributed by atoms with E-state index >= 15 is 0 Å².